The summed E-state index contributed by atoms with van der Waals surface area (Å²) in [5, 5.41) is 10.4. The molecule has 0 saturated heterocycles. The van der Waals surface area contributed by atoms with Crippen LogP contribution >= 0.6 is 12.4 Å². The van der Waals surface area contributed by atoms with E-state index in [4.69, 9.17) is 9.47 Å². The topological polar surface area (TPSA) is 59.2 Å². The predicted octanol–water partition coefficient (Wildman–Crippen LogP) is 3.01. The molecule has 0 aliphatic carbocycles. The minimum absolute atomic E-state index is 0. The summed E-state index contributed by atoms with van der Waals surface area (Å²) in [4.78, 5) is 0. The van der Waals surface area contributed by atoms with Gasteiger partial charge in [-0.05, 0) is 31.5 Å². The SMILES string of the molecule is COc1ccc(C(C)NCc2cn[nH]c2C)cc1OC.Cl. The second-order valence-electron chi connectivity index (χ2n) is 4.74. The van der Waals surface area contributed by atoms with E-state index in [2.05, 4.69) is 22.4 Å². The van der Waals surface area contributed by atoms with E-state index in [9.17, 15) is 0 Å². The monoisotopic (exact) mass is 311 g/mol. The minimum Gasteiger partial charge on any atom is -0.493 e. The Morgan fingerprint density at radius 2 is 1.95 bits per heavy atom. The maximum Gasteiger partial charge on any atom is 0.161 e. The maximum atomic E-state index is 5.33. The largest absolute Gasteiger partial charge is 0.493 e. The van der Waals surface area contributed by atoms with E-state index in [1.807, 2.05) is 31.3 Å². The highest BCUT2D eigenvalue weighted by Crippen LogP contribution is 2.29. The molecule has 0 aliphatic rings. The Morgan fingerprint density at radius 1 is 1.24 bits per heavy atom. The molecule has 1 aromatic heterocycles. The van der Waals surface area contributed by atoms with Crippen molar-refractivity contribution < 1.29 is 9.47 Å². The number of methoxy groups -OCH3 is 2. The van der Waals surface area contributed by atoms with Gasteiger partial charge < -0.3 is 14.8 Å². The highest BCUT2D eigenvalue weighted by Gasteiger charge is 2.10. The molecular formula is C15H22ClN3O2. The van der Waals surface area contributed by atoms with Crippen LogP contribution in [0.5, 0.6) is 11.5 Å². The Hall–Kier alpha value is -1.72. The van der Waals surface area contributed by atoms with Gasteiger partial charge in [-0.2, -0.15) is 5.10 Å². The number of aryl methyl sites for hydroxylation is 1. The lowest BCUT2D eigenvalue weighted by atomic mass is 10.1. The van der Waals surface area contributed by atoms with E-state index in [1.54, 1.807) is 14.2 Å². The molecule has 2 N–H and O–H groups in total. The van der Waals surface area contributed by atoms with Crippen LogP contribution in [0.2, 0.25) is 0 Å². The second-order valence-corrected chi connectivity index (χ2v) is 4.74. The number of rotatable bonds is 6. The molecule has 0 aliphatic heterocycles. The zero-order valence-electron chi connectivity index (χ0n) is 12.8. The first-order valence-electron chi connectivity index (χ1n) is 6.60. The standard InChI is InChI=1S/C15H21N3O2.ClH/c1-10(16-8-13-9-17-18-11(13)2)12-5-6-14(19-3)15(7-12)20-4;/h5-7,9-10,16H,8H2,1-4H3,(H,17,18);1H. The predicted molar refractivity (Wildman–Crippen MR) is 85.4 cm³/mol. The normalized spacial score (nSPS) is 11.6. The summed E-state index contributed by atoms with van der Waals surface area (Å²) in [6, 6.07) is 6.18. The van der Waals surface area contributed by atoms with Gasteiger partial charge in [-0.1, -0.05) is 6.07 Å². The molecule has 1 atom stereocenters. The molecule has 2 rings (SSSR count). The lowest BCUT2D eigenvalue weighted by Gasteiger charge is -2.16. The van der Waals surface area contributed by atoms with E-state index in [0.717, 1.165) is 29.3 Å². The zero-order chi connectivity index (χ0) is 14.5. The van der Waals surface area contributed by atoms with Crippen LogP contribution in [0.4, 0.5) is 0 Å². The number of halogens is 1. The molecule has 2 aromatic rings. The zero-order valence-corrected chi connectivity index (χ0v) is 13.6. The summed E-state index contributed by atoms with van der Waals surface area (Å²) in [6.45, 7) is 4.92. The van der Waals surface area contributed by atoms with Gasteiger partial charge in [0, 0.05) is 23.8 Å². The minimum atomic E-state index is 0. The van der Waals surface area contributed by atoms with Crippen LogP contribution in [0.15, 0.2) is 24.4 Å². The van der Waals surface area contributed by atoms with Gasteiger partial charge in [0.15, 0.2) is 11.5 Å². The fraction of sp³-hybridized carbons (Fsp3) is 0.400. The fourth-order valence-electron chi connectivity index (χ4n) is 2.06. The Morgan fingerprint density at radius 3 is 2.52 bits per heavy atom. The quantitative estimate of drug-likeness (QED) is 0.861. The second kappa shape index (κ2) is 7.90. The lowest BCUT2D eigenvalue weighted by molar-refractivity contribution is 0.354. The first kappa shape index (κ1) is 17.3. The Kier molecular flexibility index (Phi) is 6.52. The number of nitrogens with zero attached hydrogens (tertiary/aromatic N) is 1. The van der Waals surface area contributed by atoms with Gasteiger partial charge in [-0.15, -0.1) is 12.4 Å². The van der Waals surface area contributed by atoms with E-state index in [0.29, 0.717) is 0 Å². The number of benzene rings is 1. The first-order chi connectivity index (χ1) is 9.65. The van der Waals surface area contributed by atoms with Crippen molar-refractivity contribution in [3.05, 3.63) is 41.2 Å². The van der Waals surface area contributed by atoms with Crippen molar-refractivity contribution in [3.8, 4) is 11.5 Å². The molecule has 0 bridgehead atoms. The van der Waals surface area contributed by atoms with Crippen LogP contribution < -0.4 is 14.8 Å². The van der Waals surface area contributed by atoms with Crippen molar-refractivity contribution >= 4 is 12.4 Å². The number of ether oxygens (including phenoxy) is 2. The summed E-state index contributed by atoms with van der Waals surface area (Å²) < 4.78 is 10.6. The highest BCUT2D eigenvalue weighted by atomic mass is 35.5. The van der Waals surface area contributed by atoms with Crippen LogP contribution in [-0.4, -0.2) is 24.4 Å². The number of hydrogen-bond donors (Lipinski definition) is 2. The molecule has 21 heavy (non-hydrogen) atoms. The number of aromatic nitrogens is 2. The van der Waals surface area contributed by atoms with E-state index in [1.165, 1.54) is 5.56 Å². The van der Waals surface area contributed by atoms with Crippen molar-refractivity contribution in [2.75, 3.05) is 14.2 Å². The van der Waals surface area contributed by atoms with Crippen LogP contribution in [0, 0.1) is 6.92 Å². The smallest absolute Gasteiger partial charge is 0.161 e. The van der Waals surface area contributed by atoms with Gasteiger partial charge in [0.05, 0.1) is 20.4 Å². The number of H-pyrrole nitrogens is 1. The van der Waals surface area contributed by atoms with Crippen molar-refractivity contribution in [1.82, 2.24) is 15.5 Å². The third-order valence-electron chi connectivity index (χ3n) is 3.44. The molecule has 116 valence electrons. The molecule has 1 heterocycles. The number of hydrogen-bond acceptors (Lipinski definition) is 4. The summed E-state index contributed by atoms with van der Waals surface area (Å²) in [5.74, 6) is 1.49. The van der Waals surface area contributed by atoms with Crippen LogP contribution in [-0.2, 0) is 6.54 Å². The maximum absolute atomic E-state index is 5.33. The van der Waals surface area contributed by atoms with Crippen molar-refractivity contribution in [2.45, 2.75) is 26.4 Å². The number of nitrogens with one attached hydrogen (secondary N) is 2. The third kappa shape index (κ3) is 4.12. The van der Waals surface area contributed by atoms with Gasteiger partial charge in [0.25, 0.3) is 0 Å². The summed E-state index contributed by atoms with van der Waals surface area (Å²) >= 11 is 0. The molecule has 0 radical (unpaired) electrons. The van der Waals surface area contributed by atoms with Crippen molar-refractivity contribution in [1.29, 1.82) is 0 Å². The van der Waals surface area contributed by atoms with Crippen LogP contribution in [0.1, 0.15) is 29.8 Å². The molecule has 1 unspecified atom stereocenters. The van der Waals surface area contributed by atoms with Gasteiger partial charge >= 0.3 is 0 Å². The van der Waals surface area contributed by atoms with Gasteiger partial charge in [-0.25, -0.2) is 0 Å². The molecule has 6 heteroatoms. The van der Waals surface area contributed by atoms with Crippen molar-refractivity contribution in [2.24, 2.45) is 0 Å². The van der Waals surface area contributed by atoms with E-state index in [-0.39, 0.29) is 18.4 Å². The molecule has 0 fully saturated rings. The van der Waals surface area contributed by atoms with Crippen LogP contribution in [0.3, 0.4) is 0 Å². The van der Waals surface area contributed by atoms with Gasteiger partial charge in [0.1, 0.15) is 0 Å². The summed E-state index contributed by atoms with van der Waals surface area (Å²) in [7, 11) is 3.29. The van der Waals surface area contributed by atoms with Crippen molar-refractivity contribution in [3.63, 3.8) is 0 Å². The average molecular weight is 312 g/mol. The van der Waals surface area contributed by atoms with E-state index < -0.39 is 0 Å². The fourth-order valence-corrected chi connectivity index (χ4v) is 2.06. The molecular weight excluding hydrogens is 290 g/mol. The number of aromatic amines is 1. The molecule has 0 spiro atoms. The Labute approximate surface area is 131 Å². The summed E-state index contributed by atoms with van der Waals surface area (Å²) in [5.41, 5.74) is 3.43. The Bertz CT molecular complexity index is 572. The summed E-state index contributed by atoms with van der Waals surface area (Å²) in [6.07, 6.45) is 1.85. The van der Waals surface area contributed by atoms with E-state index >= 15 is 0 Å². The van der Waals surface area contributed by atoms with Gasteiger partial charge in [0.2, 0.25) is 0 Å². The molecule has 5 nitrogen and oxygen atoms in total. The van der Waals surface area contributed by atoms with Crippen LogP contribution in [0.25, 0.3) is 0 Å². The molecule has 1 aromatic carbocycles. The average Bonchev–Trinajstić information content (AvgIpc) is 2.89. The Balaban J connectivity index is 0.00000220. The highest BCUT2D eigenvalue weighted by molar-refractivity contribution is 5.85. The van der Waals surface area contributed by atoms with Gasteiger partial charge in [-0.3, -0.25) is 5.10 Å². The molecule has 0 saturated carbocycles. The third-order valence-corrected chi connectivity index (χ3v) is 3.44. The lowest BCUT2D eigenvalue weighted by Crippen LogP contribution is -2.18. The first-order valence-corrected chi connectivity index (χ1v) is 6.60. The molecule has 0 amide bonds.